The molecule has 0 spiro atoms. The highest BCUT2D eigenvalue weighted by atomic mass is 32.2. The van der Waals surface area contributed by atoms with Gasteiger partial charge in [0.2, 0.25) is 0 Å². The number of amidine groups is 1. The summed E-state index contributed by atoms with van der Waals surface area (Å²) in [4.78, 5) is 21.6. The van der Waals surface area contributed by atoms with Gasteiger partial charge in [-0.25, -0.2) is 4.99 Å². The summed E-state index contributed by atoms with van der Waals surface area (Å²) in [5, 5.41) is 0.805. The zero-order chi connectivity index (χ0) is 25.4. The highest BCUT2D eigenvalue weighted by molar-refractivity contribution is 8.18. The number of nitrogens with zero attached hydrogens (tertiary/aromatic N) is 3. The van der Waals surface area contributed by atoms with Gasteiger partial charge in [-0.15, -0.1) is 0 Å². The normalized spacial score (nSPS) is 22.7. The topological polar surface area (TPSA) is 37.6 Å². The Morgan fingerprint density at radius 2 is 1.64 bits per heavy atom. The number of thioether (sulfide) groups is 1. The summed E-state index contributed by atoms with van der Waals surface area (Å²) in [6.07, 6.45) is 6.68. The minimum atomic E-state index is 0.0882. The third kappa shape index (κ3) is 4.57. The molecule has 0 N–H and O–H groups in total. The molecular formula is C31H35N3OS. The molecule has 186 valence electrons. The van der Waals surface area contributed by atoms with E-state index in [1.807, 2.05) is 35.2 Å². The van der Waals surface area contributed by atoms with Gasteiger partial charge in [0.15, 0.2) is 5.17 Å². The highest BCUT2D eigenvalue weighted by Crippen LogP contribution is 2.40. The highest BCUT2D eigenvalue weighted by Gasteiger charge is 2.41. The molecule has 2 heterocycles. The molecule has 3 aromatic rings. The van der Waals surface area contributed by atoms with E-state index in [9.17, 15) is 4.79 Å². The molecule has 2 aromatic carbocycles. The first-order valence-electron chi connectivity index (χ1n) is 13.0. The predicted molar refractivity (Wildman–Crippen MR) is 152 cm³/mol. The fraction of sp³-hybridized carbons (Fsp3) is 0.355. The Morgan fingerprint density at radius 1 is 0.944 bits per heavy atom. The number of aliphatic imine (C=N–C) groups is 1. The molecule has 5 rings (SSSR count). The van der Waals surface area contributed by atoms with Crippen LogP contribution in [0.3, 0.4) is 0 Å². The van der Waals surface area contributed by atoms with Gasteiger partial charge in [0.1, 0.15) is 0 Å². The van der Waals surface area contributed by atoms with Gasteiger partial charge in [-0.3, -0.25) is 9.69 Å². The first-order chi connectivity index (χ1) is 17.3. The van der Waals surface area contributed by atoms with Crippen LogP contribution in [0.15, 0.2) is 64.5 Å². The minimum Gasteiger partial charge on any atom is -0.317 e. The van der Waals surface area contributed by atoms with E-state index >= 15 is 0 Å². The fourth-order valence-electron chi connectivity index (χ4n) is 5.73. The van der Waals surface area contributed by atoms with Crippen molar-refractivity contribution in [2.75, 3.05) is 0 Å². The second-order valence-corrected chi connectivity index (χ2v) is 11.3. The number of carbonyl (C=O) groups excluding carboxylic acids is 1. The Bertz CT molecular complexity index is 1330. The van der Waals surface area contributed by atoms with Gasteiger partial charge in [-0.1, -0.05) is 56.2 Å². The van der Waals surface area contributed by atoms with Crippen LogP contribution < -0.4 is 0 Å². The van der Waals surface area contributed by atoms with Crippen LogP contribution in [-0.2, 0) is 4.79 Å². The Labute approximate surface area is 219 Å². The molecule has 1 aliphatic carbocycles. The minimum absolute atomic E-state index is 0.0882. The molecule has 2 atom stereocenters. The smallest absolute Gasteiger partial charge is 0.267 e. The predicted octanol–water partition coefficient (Wildman–Crippen LogP) is 7.89. The molecule has 1 saturated carbocycles. The molecule has 1 aliphatic heterocycles. The van der Waals surface area contributed by atoms with E-state index in [0.717, 1.165) is 46.3 Å². The van der Waals surface area contributed by atoms with Gasteiger partial charge in [-0.05, 0) is 99.2 Å². The van der Waals surface area contributed by atoms with Crippen LogP contribution in [0.2, 0.25) is 0 Å². The van der Waals surface area contributed by atoms with Gasteiger partial charge in [0.25, 0.3) is 5.91 Å². The van der Waals surface area contributed by atoms with E-state index in [1.54, 1.807) is 0 Å². The zero-order valence-electron chi connectivity index (χ0n) is 21.9. The molecule has 2 aliphatic rings. The van der Waals surface area contributed by atoms with Crippen LogP contribution in [0, 0.1) is 33.6 Å². The molecule has 1 amide bonds. The second-order valence-electron chi connectivity index (χ2n) is 10.2. The molecule has 5 heteroatoms. The lowest BCUT2D eigenvalue weighted by atomic mass is 9.85. The van der Waals surface area contributed by atoms with Crippen molar-refractivity contribution in [3.8, 4) is 5.69 Å². The van der Waals surface area contributed by atoms with Crippen molar-refractivity contribution in [2.45, 2.75) is 66.3 Å². The van der Waals surface area contributed by atoms with Gasteiger partial charge < -0.3 is 4.57 Å². The molecule has 2 fully saturated rings. The molecule has 1 saturated heterocycles. The van der Waals surface area contributed by atoms with Crippen molar-refractivity contribution in [1.29, 1.82) is 0 Å². The lowest BCUT2D eigenvalue weighted by Crippen LogP contribution is -2.44. The fourth-order valence-corrected chi connectivity index (χ4v) is 6.76. The number of benzene rings is 2. The lowest BCUT2D eigenvalue weighted by Gasteiger charge is -2.35. The first-order valence-corrected chi connectivity index (χ1v) is 13.8. The van der Waals surface area contributed by atoms with Crippen LogP contribution in [0.4, 0.5) is 5.69 Å². The Hall–Kier alpha value is -3.05. The lowest BCUT2D eigenvalue weighted by molar-refractivity contribution is -0.124. The Balaban J connectivity index is 1.56. The molecule has 0 bridgehead atoms. The molecule has 36 heavy (non-hydrogen) atoms. The summed E-state index contributed by atoms with van der Waals surface area (Å²) in [7, 11) is 0. The molecule has 4 nitrogen and oxygen atoms in total. The van der Waals surface area contributed by atoms with E-state index in [2.05, 4.69) is 69.5 Å². The van der Waals surface area contributed by atoms with Crippen LogP contribution >= 0.6 is 11.8 Å². The quantitative estimate of drug-likeness (QED) is 0.344. The van der Waals surface area contributed by atoms with Crippen molar-refractivity contribution in [2.24, 2.45) is 10.9 Å². The summed E-state index contributed by atoms with van der Waals surface area (Å²) in [6.45, 7) is 10.9. The number of para-hydroxylation sites is 2. The molecule has 1 aromatic heterocycles. The van der Waals surface area contributed by atoms with Crippen LogP contribution in [0.1, 0.15) is 60.7 Å². The van der Waals surface area contributed by atoms with E-state index in [-0.39, 0.29) is 11.9 Å². The maximum atomic E-state index is 13.9. The number of aromatic nitrogens is 1. The van der Waals surface area contributed by atoms with Crippen LogP contribution in [-0.4, -0.2) is 26.6 Å². The zero-order valence-corrected chi connectivity index (χ0v) is 22.7. The van der Waals surface area contributed by atoms with Crippen molar-refractivity contribution in [3.63, 3.8) is 0 Å². The molecule has 0 radical (unpaired) electrons. The van der Waals surface area contributed by atoms with E-state index in [4.69, 9.17) is 4.99 Å². The third-order valence-electron chi connectivity index (χ3n) is 7.64. The standard InChI is InChI=1S/C31H35N3OS/c1-20-12-9-10-17-27(20)34-30(35)28(36-31(34)32-26-15-7-6-8-16-26)19-25-18-23(4)33(24(25)5)29-21(2)13-11-14-22(29)3/h6-8,11,13-16,18-20,27H,9-10,12,17H2,1-5H3/b28-19-,32-31?/t20-,27+/m1/s1. The van der Waals surface area contributed by atoms with Crippen LogP contribution in [0.5, 0.6) is 0 Å². The number of hydrogen-bond donors (Lipinski definition) is 0. The summed E-state index contributed by atoms with van der Waals surface area (Å²) >= 11 is 1.52. The number of rotatable bonds is 4. The van der Waals surface area contributed by atoms with Gasteiger partial charge in [0, 0.05) is 17.4 Å². The summed E-state index contributed by atoms with van der Waals surface area (Å²) in [5.41, 5.74) is 8.01. The SMILES string of the molecule is Cc1cccc(C)c1-n1c(C)cc(/C=C2\SC(=Nc3ccccc3)N([C@H]3CCCC[C@H]3C)C2=O)c1C. The van der Waals surface area contributed by atoms with Gasteiger partial charge >= 0.3 is 0 Å². The van der Waals surface area contributed by atoms with Crippen molar-refractivity contribution >= 4 is 34.6 Å². The van der Waals surface area contributed by atoms with E-state index < -0.39 is 0 Å². The van der Waals surface area contributed by atoms with Gasteiger partial charge in [0.05, 0.1) is 16.3 Å². The molecule has 0 unspecified atom stereocenters. The van der Waals surface area contributed by atoms with Crippen molar-refractivity contribution < 1.29 is 4.79 Å². The second kappa shape index (κ2) is 10.1. The maximum absolute atomic E-state index is 13.9. The summed E-state index contributed by atoms with van der Waals surface area (Å²) in [5.74, 6) is 0.558. The number of carbonyl (C=O) groups is 1. The van der Waals surface area contributed by atoms with E-state index in [0.29, 0.717) is 5.92 Å². The monoisotopic (exact) mass is 497 g/mol. The Kier molecular flexibility index (Phi) is 6.94. The summed E-state index contributed by atoms with van der Waals surface area (Å²) < 4.78 is 2.32. The van der Waals surface area contributed by atoms with Gasteiger partial charge in [-0.2, -0.15) is 0 Å². The average Bonchev–Trinajstić information content (AvgIpc) is 3.30. The van der Waals surface area contributed by atoms with Crippen molar-refractivity contribution in [1.82, 2.24) is 9.47 Å². The molecular weight excluding hydrogens is 462 g/mol. The first kappa shape index (κ1) is 24.6. The number of hydrogen-bond acceptors (Lipinski definition) is 3. The average molecular weight is 498 g/mol. The number of amides is 1. The maximum Gasteiger partial charge on any atom is 0.267 e. The third-order valence-corrected chi connectivity index (χ3v) is 8.62. The van der Waals surface area contributed by atoms with Crippen molar-refractivity contribution in [3.05, 3.63) is 87.6 Å². The summed E-state index contributed by atoms with van der Waals surface area (Å²) in [6, 6.07) is 18.8. The van der Waals surface area contributed by atoms with Crippen LogP contribution in [0.25, 0.3) is 11.8 Å². The Morgan fingerprint density at radius 3 is 2.33 bits per heavy atom. The largest absolute Gasteiger partial charge is 0.317 e. The number of aryl methyl sites for hydroxylation is 3. The van der Waals surface area contributed by atoms with E-state index in [1.165, 1.54) is 40.7 Å².